The summed E-state index contributed by atoms with van der Waals surface area (Å²) in [6.45, 7) is -1.02. The second kappa shape index (κ2) is 5.72. The molecule has 10 heteroatoms. The lowest BCUT2D eigenvalue weighted by Crippen LogP contribution is -2.43. The van der Waals surface area contributed by atoms with E-state index < -0.39 is 58.5 Å². The molecule has 3 nitrogen and oxygen atoms in total. The van der Waals surface area contributed by atoms with Crippen LogP contribution in [0.25, 0.3) is 0 Å². The van der Waals surface area contributed by atoms with Gasteiger partial charge in [0.2, 0.25) is 10.0 Å². The molecule has 0 radical (unpaired) electrons. The Morgan fingerprint density at radius 2 is 1.68 bits per heavy atom. The number of hydrogen-bond acceptors (Lipinski definition) is 2. The van der Waals surface area contributed by atoms with Crippen LogP contribution in [0.4, 0.5) is 22.0 Å². The van der Waals surface area contributed by atoms with Crippen molar-refractivity contribution >= 4 is 26.0 Å². The fourth-order valence-corrected chi connectivity index (χ4v) is 4.14. The molecular weight excluding hydrogens is 397 g/mol. The molecule has 1 fully saturated rings. The molecule has 0 atom stereocenters. The van der Waals surface area contributed by atoms with Crippen molar-refractivity contribution in [2.24, 2.45) is 0 Å². The maximum Gasteiger partial charge on any atom is 0.417 e. The van der Waals surface area contributed by atoms with Crippen molar-refractivity contribution in [3.8, 4) is 0 Å². The Labute approximate surface area is 132 Å². The predicted molar refractivity (Wildman–Crippen MR) is 72.1 cm³/mol. The number of benzene rings is 1. The molecule has 0 aromatic heterocycles. The highest BCUT2D eigenvalue weighted by Gasteiger charge is 2.42. The summed E-state index contributed by atoms with van der Waals surface area (Å²) in [7, 11) is -4.48. The van der Waals surface area contributed by atoms with Crippen LogP contribution < -0.4 is 0 Å². The average molecular weight is 408 g/mol. The summed E-state index contributed by atoms with van der Waals surface area (Å²) in [6.07, 6.45) is -6.28. The normalized spacial score (nSPS) is 20.1. The molecule has 1 aromatic carbocycles. The zero-order chi connectivity index (χ0) is 16.8. The van der Waals surface area contributed by atoms with Gasteiger partial charge in [0.25, 0.3) is 5.92 Å². The van der Waals surface area contributed by atoms with Crippen LogP contribution in [-0.4, -0.2) is 31.7 Å². The second-order valence-corrected chi connectivity index (χ2v) is 7.72. The zero-order valence-electron chi connectivity index (χ0n) is 11.0. The monoisotopic (exact) mass is 407 g/mol. The molecular formula is C12H11BrF5NO2S. The first-order valence-electron chi connectivity index (χ1n) is 6.18. The molecule has 0 spiro atoms. The zero-order valence-corrected chi connectivity index (χ0v) is 13.4. The van der Waals surface area contributed by atoms with Crippen LogP contribution in [0.5, 0.6) is 0 Å². The van der Waals surface area contributed by atoms with E-state index in [-0.39, 0.29) is 4.47 Å². The van der Waals surface area contributed by atoms with E-state index in [1.165, 1.54) is 6.07 Å². The smallest absolute Gasteiger partial charge is 0.207 e. The Morgan fingerprint density at radius 3 is 2.18 bits per heavy atom. The number of hydrogen-bond donors (Lipinski definition) is 0. The van der Waals surface area contributed by atoms with Crippen LogP contribution in [0.3, 0.4) is 0 Å². The van der Waals surface area contributed by atoms with Gasteiger partial charge in [0.05, 0.1) is 10.5 Å². The van der Waals surface area contributed by atoms with Crippen LogP contribution in [0.2, 0.25) is 0 Å². The lowest BCUT2D eigenvalue weighted by Gasteiger charge is -2.31. The number of alkyl halides is 5. The van der Waals surface area contributed by atoms with Crippen LogP contribution in [0.15, 0.2) is 27.6 Å². The standard InChI is InChI=1S/C12H11BrF5NO2S/c13-8-1-2-10(9(7-8)12(16,17)18)22(20,21)19-5-3-11(14,15)4-6-19/h1-2,7H,3-6H2. The van der Waals surface area contributed by atoms with Crippen LogP contribution in [0, 0.1) is 0 Å². The summed E-state index contributed by atoms with van der Waals surface area (Å²) in [4.78, 5) is -0.923. The van der Waals surface area contributed by atoms with Crippen LogP contribution >= 0.6 is 15.9 Å². The molecule has 2 rings (SSSR count). The van der Waals surface area contributed by atoms with E-state index in [9.17, 15) is 30.4 Å². The van der Waals surface area contributed by atoms with Crippen molar-refractivity contribution < 1.29 is 30.4 Å². The lowest BCUT2D eigenvalue weighted by atomic mass is 10.1. The van der Waals surface area contributed by atoms with Gasteiger partial charge < -0.3 is 0 Å². The first kappa shape index (κ1) is 17.6. The first-order valence-corrected chi connectivity index (χ1v) is 8.41. The molecule has 0 N–H and O–H groups in total. The van der Waals surface area contributed by atoms with E-state index in [1.54, 1.807) is 0 Å². The molecule has 22 heavy (non-hydrogen) atoms. The maximum absolute atomic E-state index is 13.1. The largest absolute Gasteiger partial charge is 0.417 e. The van der Waals surface area contributed by atoms with Crippen LogP contribution in [0.1, 0.15) is 18.4 Å². The van der Waals surface area contributed by atoms with Crippen molar-refractivity contribution in [2.75, 3.05) is 13.1 Å². The van der Waals surface area contributed by atoms with E-state index >= 15 is 0 Å². The van der Waals surface area contributed by atoms with Gasteiger partial charge in [0.1, 0.15) is 0 Å². The third-order valence-electron chi connectivity index (χ3n) is 3.32. The fraction of sp³-hybridized carbons (Fsp3) is 0.500. The van der Waals surface area contributed by atoms with Crippen molar-refractivity contribution in [1.82, 2.24) is 4.31 Å². The summed E-state index contributed by atoms with van der Waals surface area (Å²) >= 11 is 2.86. The van der Waals surface area contributed by atoms with E-state index in [0.717, 1.165) is 6.07 Å². The number of nitrogens with zero attached hydrogens (tertiary/aromatic N) is 1. The van der Waals surface area contributed by atoms with Gasteiger partial charge in [0, 0.05) is 30.4 Å². The van der Waals surface area contributed by atoms with Gasteiger partial charge in [-0.15, -0.1) is 0 Å². The molecule has 1 heterocycles. The van der Waals surface area contributed by atoms with Gasteiger partial charge in [-0.2, -0.15) is 17.5 Å². The molecule has 124 valence electrons. The molecule has 1 aliphatic rings. The van der Waals surface area contributed by atoms with E-state index in [0.29, 0.717) is 10.4 Å². The van der Waals surface area contributed by atoms with E-state index in [4.69, 9.17) is 0 Å². The van der Waals surface area contributed by atoms with Gasteiger partial charge in [-0.1, -0.05) is 15.9 Å². The van der Waals surface area contributed by atoms with E-state index in [2.05, 4.69) is 15.9 Å². The number of rotatable bonds is 2. The quantitative estimate of drug-likeness (QED) is 0.697. The van der Waals surface area contributed by atoms with E-state index in [1.807, 2.05) is 0 Å². The number of piperidine rings is 1. The molecule has 0 bridgehead atoms. The molecule has 1 aliphatic heterocycles. The maximum atomic E-state index is 13.1. The SMILES string of the molecule is O=S(=O)(c1ccc(Br)cc1C(F)(F)F)N1CCC(F)(F)CC1. The first-order chi connectivity index (χ1) is 9.93. The third-order valence-corrected chi connectivity index (χ3v) is 5.77. The van der Waals surface area contributed by atoms with Gasteiger partial charge in [-0.25, -0.2) is 17.2 Å². The van der Waals surface area contributed by atoms with Crippen molar-refractivity contribution in [2.45, 2.75) is 29.8 Å². The summed E-state index contributed by atoms with van der Waals surface area (Å²) < 4.78 is 90.7. The average Bonchev–Trinajstić information content (AvgIpc) is 2.36. The highest BCUT2D eigenvalue weighted by atomic mass is 79.9. The topological polar surface area (TPSA) is 37.4 Å². The van der Waals surface area contributed by atoms with Crippen molar-refractivity contribution in [3.05, 3.63) is 28.2 Å². The number of sulfonamides is 1. The van der Waals surface area contributed by atoms with Gasteiger partial charge >= 0.3 is 6.18 Å². The fourth-order valence-electron chi connectivity index (χ4n) is 2.14. The summed E-state index contributed by atoms with van der Waals surface area (Å²) in [6, 6.07) is 2.65. The minimum atomic E-state index is -4.87. The summed E-state index contributed by atoms with van der Waals surface area (Å²) in [5.41, 5.74) is -1.32. The predicted octanol–water partition coefficient (Wildman–Crippen LogP) is 3.89. The molecule has 0 aliphatic carbocycles. The van der Waals surface area contributed by atoms with Gasteiger partial charge in [0.15, 0.2) is 0 Å². The Bertz CT molecular complexity index is 665. The molecule has 0 saturated carbocycles. The minimum absolute atomic E-state index is 0.0731. The Hall–Kier alpha value is -0.740. The van der Waals surface area contributed by atoms with Crippen LogP contribution in [-0.2, 0) is 16.2 Å². The Morgan fingerprint density at radius 1 is 1.14 bits per heavy atom. The Kier molecular flexibility index (Phi) is 4.58. The summed E-state index contributed by atoms with van der Waals surface area (Å²) in [5.74, 6) is -2.99. The number of halogens is 6. The summed E-state index contributed by atoms with van der Waals surface area (Å²) in [5, 5.41) is 0. The van der Waals surface area contributed by atoms with Crippen molar-refractivity contribution in [3.63, 3.8) is 0 Å². The van der Waals surface area contributed by atoms with Crippen molar-refractivity contribution in [1.29, 1.82) is 0 Å². The van der Waals surface area contributed by atoms with Gasteiger partial charge in [-0.05, 0) is 18.2 Å². The highest BCUT2D eigenvalue weighted by molar-refractivity contribution is 9.10. The lowest BCUT2D eigenvalue weighted by molar-refractivity contribution is -0.140. The Balaban J connectivity index is 2.43. The minimum Gasteiger partial charge on any atom is -0.207 e. The molecule has 0 amide bonds. The second-order valence-electron chi connectivity index (χ2n) is 4.90. The third kappa shape index (κ3) is 3.60. The molecule has 1 saturated heterocycles. The van der Waals surface area contributed by atoms with Gasteiger partial charge in [-0.3, -0.25) is 0 Å². The molecule has 1 aromatic rings. The highest BCUT2D eigenvalue weighted by Crippen LogP contribution is 2.38. The molecule has 0 unspecified atom stereocenters.